The Morgan fingerprint density at radius 2 is 1.97 bits per heavy atom. The standard InChI is InChI=1S/C20H24Cl2N4O2S/c1-12-5-13(2)9-26(8-12)10-15-11-29-20(24-15)25-18(27)7-23-19(28)16-4-3-14(21)6-17(16)22/h3-4,6,11-13H,5,7-10H2,1-2H3,(H,23,28)(H,24,25,27). The third kappa shape index (κ3) is 6.40. The lowest BCUT2D eigenvalue weighted by atomic mass is 9.92. The van der Waals surface area contributed by atoms with E-state index in [0.29, 0.717) is 22.0 Å². The van der Waals surface area contributed by atoms with Gasteiger partial charge in [-0.05, 0) is 36.5 Å². The second-order valence-corrected chi connectivity index (χ2v) is 9.34. The van der Waals surface area contributed by atoms with Crippen molar-refractivity contribution in [2.75, 3.05) is 25.0 Å². The number of carbonyl (C=O) groups is 2. The first kappa shape index (κ1) is 22.0. The number of hydrogen-bond acceptors (Lipinski definition) is 5. The van der Waals surface area contributed by atoms with Crippen LogP contribution in [0.1, 0.15) is 36.3 Å². The van der Waals surface area contributed by atoms with Crippen LogP contribution in [0.3, 0.4) is 0 Å². The van der Waals surface area contributed by atoms with Gasteiger partial charge in [-0.1, -0.05) is 37.0 Å². The lowest BCUT2D eigenvalue weighted by Gasteiger charge is -2.34. The topological polar surface area (TPSA) is 74.3 Å². The van der Waals surface area contributed by atoms with Crippen molar-refractivity contribution >= 4 is 51.5 Å². The number of carbonyl (C=O) groups excluding carboxylic acids is 2. The second-order valence-electron chi connectivity index (χ2n) is 7.64. The summed E-state index contributed by atoms with van der Waals surface area (Å²) in [7, 11) is 0. The summed E-state index contributed by atoms with van der Waals surface area (Å²) in [5.74, 6) is 0.600. The number of nitrogens with one attached hydrogen (secondary N) is 2. The molecule has 1 saturated heterocycles. The van der Waals surface area contributed by atoms with E-state index in [1.54, 1.807) is 6.07 Å². The van der Waals surface area contributed by atoms with Gasteiger partial charge in [0.05, 0.1) is 22.8 Å². The lowest BCUT2D eigenvalue weighted by Crippen LogP contribution is -2.38. The van der Waals surface area contributed by atoms with Crippen LogP contribution < -0.4 is 10.6 Å². The fourth-order valence-electron chi connectivity index (χ4n) is 3.68. The van der Waals surface area contributed by atoms with Crippen LogP contribution in [0.5, 0.6) is 0 Å². The van der Waals surface area contributed by atoms with Crippen molar-refractivity contribution < 1.29 is 9.59 Å². The molecule has 1 aliphatic rings. The highest BCUT2D eigenvalue weighted by atomic mass is 35.5. The minimum Gasteiger partial charge on any atom is -0.343 e. The molecule has 0 saturated carbocycles. The predicted octanol–water partition coefficient (Wildman–Crippen LogP) is 4.30. The molecule has 2 N–H and O–H groups in total. The maximum Gasteiger partial charge on any atom is 0.253 e. The highest BCUT2D eigenvalue weighted by molar-refractivity contribution is 7.13. The number of rotatable bonds is 6. The van der Waals surface area contributed by atoms with Crippen LogP contribution in [0.2, 0.25) is 10.0 Å². The number of aromatic nitrogens is 1. The van der Waals surface area contributed by atoms with E-state index in [1.165, 1.54) is 29.9 Å². The molecule has 2 unspecified atom stereocenters. The monoisotopic (exact) mass is 454 g/mol. The molecule has 0 aliphatic carbocycles. The van der Waals surface area contributed by atoms with Gasteiger partial charge in [0.2, 0.25) is 5.91 Å². The van der Waals surface area contributed by atoms with E-state index in [0.717, 1.165) is 25.3 Å². The summed E-state index contributed by atoms with van der Waals surface area (Å²) in [5.41, 5.74) is 1.22. The summed E-state index contributed by atoms with van der Waals surface area (Å²) in [6, 6.07) is 4.58. The summed E-state index contributed by atoms with van der Waals surface area (Å²) < 4.78 is 0. The molecule has 2 heterocycles. The zero-order chi connectivity index (χ0) is 21.0. The molecule has 9 heteroatoms. The lowest BCUT2D eigenvalue weighted by molar-refractivity contribution is -0.115. The molecule has 29 heavy (non-hydrogen) atoms. The molecular weight excluding hydrogens is 431 g/mol. The summed E-state index contributed by atoms with van der Waals surface area (Å²) in [6.45, 7) is 7.31. The zero-order valence-electron chi connectivity index (χ0n) is 16.4. The van der Waals surface area contributed by atoms with Gasteiger partial charge in [-0.3, -0.25) is 14.5 Å². The number of amides is 2. The number of piperidine rings is 1. The fraction of sp³-hybridized carbons (Fsp3) is 0.450. The number of benzene rings is 1. The normalized spacial score (nSPS) is 19.7. The smallest absolute Gasteiger partial charge is 0.253 e. The average Bonchev–Trinajstić information content (AvgIpc) is 3.05. The van der Waals surface area contributed by atoms with Crippen LogP contribution >= 0.6 is 34.5 Å². The maximum absolute atomic E-state index is 12.2. The molecular formula is C20H24Cl2N4O2S. The number of thiazole rings is 1. The number of nitrogens with zero attached hydrogens (tertiary/aromatic N) is 2. The van der Waals surface area contributed by atoms with Gasteiger partial charge in [0, 0.05) is 30.0 Å². The molecule has 3 rings (SSSR count). The molecule has 1 aromatic heterocycles. The van der Waals surface area contributed by atoms with Gasteiger partial charge >= 0.3 is 0 Å². The van der Waals surface area contributed by atoms with Crippen LogP contribution in [0.25, 0.3) is 0 Å². The van der Waals surface area contributed by atoms with Gasteiger partial charge in [0.15, 0.2) is 5.13 Å². The first-order valence-electron chi connectivity index (χ1n) is 9.50. The van der Waals surface area contributed by atoms with Crippen molar-refractivity contribution in [3.8, 4) is 0 Å². The Kier molecular flexibility index (Phi) is 7.51. The summed E-state index contributed by atoms with van der Waals surface area (Å²) >= 11 is 13.2. The Hall–Kier alpha value is -1.67. The average molecular weight is 455 g/mol. The Balaban J connectivity index is 1.48. The van der Waals surface area contributed by atoms with Crippen molar-refractivity contribution in [3.63, 3.8) is 0 Å². The van der Waals surface area contributed by atoms with Gasteiger partial charge < -0.3 is 10.6 Å². The number of hydrogen-bond donors (Lipinski definition) is 2. The van der Waals surface area contributed by atoms with Gasteiger partial charge in [0.25, 0.3) is 5.91 Å². The Morgan fingerprint density at radius 1 is 1.24 bits per heavy atom. The highest BCUT2D eigenvalue weighted by Crippen LogP contribution is 2.24. The van der Waals surface area contributed by atoms with Crippen LogP contribution in [-0.2, 0) is 11.3 Å². The first-order valence-corrected chi connectivity index (χ1v) is 11.1. The molecule has 1 aromatic carbocycles. The van der Waals surface area contributed by atoms with Crippen molar-refractivity contribution in [2.24, 2.45) is 11.8 Å². The third-order valence-corrected chi connectivity index (χ3v) is 6.07. The minimum absolute atomic E-state index is 0.173. The molecule has 2 atom stereocenters. The largest absolute Gasteiger partial charge is 0.343 e. The molecule has 0 bridgehead atoms. The van der Waals surface area contributed by atoms with Crippen LogP contribution in [-0.4, -0.2) is 41.3 Å². The first-order chi connectivity index (χ1) is 13.8. The molecule has 1 fully saturated rings. The zero-order valence-corrected chi connectivity index (χ0v) is 18.7. The van der Waals surface area contributed by atoms with E-state index in [1.807, 2.05) is 5.38 Å². The van der Waals surface area contributed by atoms with E-state index in [9.17, 15) is 9.59 Å². The van der Waals surface area contributed by atoms with Crippen molar-refractivity contribution in [1.29, 1.82) is 0 Å². The molecule has 6 nitrogen and oxygen atoms in total. The molecule has 156 valence electrons. The molecule has 2 aromatic rings. The quantitative estimate of drug-likeness (QED) is 0.682. The molecule has 1 aliphatic heterocycles. The third-order valence-electron chi connectivity index (χ3n) is 4.71. The van der Waals surface area contributed by atoms with Gasteiger partial charge in [0.1, 0.15) is 0 Å². The highest BCUT2D eigenvalue weighted by Gasteiger charge is 2.22. The van der Waals surface area contributed by atoms with Gasteiger partial charge in [-0.2, -0.15) is 0 Å². The summed E-state index contributed by atoms with van der Waals surface area (Å²) in [6.07, 6.45) is 1.27. The molecule has 0 radical (unpaired) electrons. The Labute approximate surface area is 184 Å². The Bertz CT molecular complexity index is 879. The number of anilines is 1. The van der Waals surface area contributed by atoms with Crippen molar-refractivity contribution in [3.05, 3.63) is 44.9 Å². The van der Waals surface area contributed by atoms with E-state index < -0.39 is 5.91 Å². The van der Waals surface area contributed by atoms with Gasteiger partial charge in [-0.25, -0.2) is 4.98 Å². The van der Waals surface area contributed by atoms with E-state index in [4.69, 9.17) is 23.2 Å². The van der Waals surface area contributed by atoms with Gasteiger partial charge in [-0.15, -0.1) is 11.3 Å². The van der Waals surface area contributed by atoms with Crippen molar-refractivity contribution in [2.45, 2.75) is 26.8 Å². The number of likely N-dealkylation sites (tertiary alicyclic amines) is 1. The van der Waals surface area contributed by atoms with E-state index >= 15 is 0 Å². The minimum atomic E-state index is -0.435. The van der Waals surface area contributed by atoms with E-state index in [-0.39, 0.29) is 23.0 Å². The molecule has 0 spiro atoms. The predicted molar refractivity (Wildman–Crippen MR) is 118 cm³/mol. The SMILES string of the molecule is CC1CC(C)CN(Cc2csc(NC(=O)CNC(=O)c3ccc(Cl)cc3Cl)n2)C1. The van der Waals surface area contributed by atoms with E-state index in [2.05, 4.69) is 34.4 Å². The summed E-state index contributed by atoms with van der Waals surface area (Å²) in [5, 5.41) is 8.45. The Morgan fingerprint density at radius 3 is 2.66 bits per heavy atom. The second kappa shape index (κ2) is 9.89. The van der Waals surface area contributed by atoms with Crippen LogP contribution in [0.4, 0.5) is 5.13 Å². The van der Waals surface area contributed by atoms with Crippen LogP contribution in [0, 0.1) is 11.8 Å². The fourth-order valence-corrected chi connectivity index (χ4v) is 4.89. The molecule has 2 amide bonds. The van der Waals surface area contributed by atoms with Crippen molar-refractivity contribution in [1.82, 2.24) is 15.2 Å². The maximum atomic E-state index is 12.2. The van der Waals surface area contributed by atoms with Crippen LogP contribution in [0.15, 0.2) is 23.6 Å². The number of halogens is 2. The summed E-state index contributed by atoms with van der Waals surface area (Å²) in [4.78, 5) is 31.2.